The molecule has 3 nitrogen and oxygen atoms in total. The summed E-state index contributed by atoms with van der Waals surface area (Å²) < 4.78 is 4.95. The Hall–Kier alpha value is -1.38. The van der Waals surface area contributed by atoms with Crippen molar-refractivity contribution in [2.24, 2.45) is 11.8 Å². The number of ether oxygens (including phenoxy) is 1. The van der Waals surface area contributed by atoms with Crippen LogP contribution in [0.25, 0.3) is 0 Å². The molecule has 1 fully saturated rings. The lowest BCUT2D eigenvalue weighted by Crippen LogP contribution is -2.13. The molecule has 0 radical (unpaired) electrons. The number of rotatable bonds is 28. The minimum Gasteiger partial charge on any atom is -0.392 e. The third kappa shape index (κ3) is 20.2. The van der Waals surface area contributed by atoms with Crippen LogP contribution in [-0.2, 0) is 14.3 Å². The van der Waals surface area contributed by atoms with Crippen LogP contribution in [0.2, 0.25) is 0 Å². The van der Waals surface area contributed by atoms with Crippen LogP contribution in [0.4, 0.5) is 0 Å². The summed E-state index contributed by atoms with van der Waals surface area (Å²) >= 11 is 0. The first-order valence-corrected chi connectivity index (χ1v) is 17.3. The fourth-order valence-electron chi connectivity index (χ4n) is 5.62. The molecule has 1 saturated heterocycles. The van der Waals surface area contributed by atoms with Crippen LogP contribution in [-0.4, -0.2) is 11.9 Å². The molecule has 3 heteroatoms. The second-order valence-electron chi connectivity index (χ2n) is 12.0. The summed E-state index contributed by atoms with van der Waals surface area (Å²) in [7, 11) is 0. The highest BCUT2D eigenvalue weighted by Crippen LogP contribution is 2.27. The van der Waals surface area contributed by atoms with Crippen LogP contribution in [0.15, 0.2) is 24.3 Å². The summed E-state index contributed by atoms with van der Waals surface area (Å²) in [5, 5.41) is 0. The van der Waals surface area contributed by atoms with E-state index in [9.17, 15) is 9.59 Å². The summed E-state index contributed by atoms with van der Waals surface area (Å²) in [6, 6.07) is 0. The molecule has 0 bridgehead atoms. The topological polar surface area (TPSA) is 43.4 Å². The minimum absolute atomic E-state index is 0.383. The summed E-state index contributed by atoms with van der Waals surface area (Å²) in [6.45, 7) is 4.55. The Morgan fingerprint density at radius 3 is 0.974 bits per heavy atom. The summed E-state index contributed by atoms with van der Waals surface area (Å²) in [6.07, 6.45) is 42.3. The maximum Gasteiger partial charge on any atom is 0.321 e. The molecule has 39 heavy (non-hydrogen) atoms. The van der Waals surface area contributed by atoms with Crippen LogP contribution in [0.3, 0.4) is 0 Å². The molecule has 1 heterocycles. The molecule has 0 aromatic carbocycles. The van der Waals surface area contributed by atoms with Crippen LogP contribution < -0.4 is 0 Å². The van der Waals surface area contributed by atoms with E-state index in [0.29, 0.717) is 0 Å². The number of allylic oxidation sites excluding steroid dienone is 2. The number of cyclic esters (lactones) is 2. The Morgan fingerprint density at radius 2 is 0.692 bits per heavy atom. The van der Waals surface area contributed by atoms with Crippen molar-refractivity contribution in [2.75, 3.05) is 0 Å². The Bertz CT molecular complexity index is 581. The maximum atomic E-state index is 12.2. The molecule has 0 spiro atoms. The molecule has 1 aliphatic rings. The molecule has 2 atom stereocenters. The van der Waals surface area contributed by atoms with Gasteiger partial charge in [0.15, 0.2) is 0 Å². The van der Waals surface area contributed by atoms with Crippen molar-refractivity contribution in [1.29, 1.82) is 0 Å². The molecule has 0 amide bonds. The van der Waals surface area contributed by atoms with E-state index in [1.807, 2.05) is 12.2 Å². The number of hydrogen-bond acceptors (Lipinski definition) is 3. The molecular weight excluding hydrogens is 480 g/mol. The Balaban J connectivity index is 2.05. The van der Waals surface area contributed by atoms with Gasteiger partial charge in [0.1, 0.15) is 0 Å². The summed E-state index contributed by atoms with van der Waals surface area (Å²) in [5.41, 5.74) is 0. The standard InChI is InChI=1S/C36H64O3/c1-3-5-7-9-11-13-15-17-19-21-23-25-27-29-31-33-34(36(38)39-35(33)37)32-30-28-26-24-22-20-18-16-14-12-10-8-6-4-2/h29-34H,3-28H2,1-2H3. The van der Waals surface area contributed by atoms with Crippen LogP contribution >= 0.6 is 0 Å². The van der Waals surface area contributed by atoms with E-state index in [0.717, 1.165) is 25.7 Å². The second kappa shape index (κ2) is 26.8. The van der Waals surface area contributed by atoms with Crippen molar-refractivity contribution in [3.8, 4) is 0 Å². The Morgan fingerprint density at radius 1 is 0.436 bits per heavy atom. The number of esters is 2. The van der Waals surface area contributed by atoms with Gasteiger partial charge in [0.25, 0.3) is 0 Å². The van der Waals surface area contributed by atoms with Gasteiger partial charge in [-0.3, -0.25) is 9.59 Å². The number of unbranched alkanes of at least 4 members (excludes halogenated alkanes) is 24. The van der Waals surface area contributed by atoms with Gasteiger partial charge in [0.05, 0.1) is 11.8 Å². The maximum absolute atomic E-state index is 12.2. The molecular formula is C36H64O3. The zero-order chi connectivity index (χ0) is 28.2. The van der Waals surface area contributed by atoms with Gasteiger partial charge >= 0.3 is 11.9 Å². The van der Waals surface area contributed by atoms with Gasteiger partial charge in [0.2, 0.25) is 0 Å². The van der Waals surface area contributed by atoms with Crippen LogP contribution in [0.1, 0.15) is 181 Å². The van der Waals surface area contributed by atoms with Gasteiger partial charge in [-0.05, 0) is 25.7 Å². The van der Waals surface area contributed by atoms with E-state index in [4.69, 9.17) is 4.74 Å². The van der Waals surface area contributed by atoms with E-state index < -0.39 is 11.8 Å². The number of carbonyl (C=O) groups is 2. The van der Waals surface area contributed by atoms with Crippen LogP contribution in [0.5, 0.6) is 0 Å². The van der Waals surface area contributed by atoms with Gasteiger partial charge in [-0.1, -0.05) is 179 Å². The Kier molecular flexibility index (Phi) is 24.5. The first-order valence-electron chi connectivity index (χ1n) is 17.3. The van der Waals surface area contributed by atoms with Gasteiger partial charge < -0.3 is 4.74 Å². The predicted molar refractivity (Wildman–Crippen MR) is 168 cm³/mol. The lowest BCUT2D eigenvalue weighted by molar-refractivity contribution is -0.153. The average Bonchev–Trinajstić information content (AvgIpc) is 3.20. The fourth-order valence-corrected chi connectivity index (χ4v) is 5.62. The lowest BCUT2D eigenvalue weighted by atomic mass is 9.93. The Labute approximate surface area is 243 Å². The van der Waals surface area contributed by atoms with Crippen molar-refractivity contribution in [2.45, 2.75) is 181 Å². The van der Waals surface area contributed by atoms with E-state index in [1.54, 1.807) is 0 Å². The number of hydrogen-bond donors (Lipinski definition) is 0. The van der Waals surface area contributed by atoms with E-state index in [-0.39, 0.29) is 11.9 Å². The quantitative estimate of drug-likeness (QED) is 0.0426. The molecule has 1 rings (SSSR count). The van der Waals surface area contributed by atoms with E-state index in [1.165, 1.54) is 141 Å². The van der Waals surface area contributed by atoms with Crippen LogP contribution in [0, 0.1) is 11.8 Å². The highest BCUT2D eigenvalue weighted by molar-refractivity contribution is 5.98. The van der Waals surface area contributed by atoms with Gasteiger partial charge in [-0.2, -0.15) is 0 Å². The van der Waals surface area contributed by atoms with Crippen molar-refractivity contribution < 1.29 is 14.3 Å². The highest BCUT2D eigenvalue weighted by Gasteiger charge is 2.40. The van der Waals surface area contributed by atoms with Crippen molar-refractivity contribution in [1.82, 2.24) is 0 Å². The zero-order valence-electron chi connectivity index (χ0n) is 26.1. The smallest absolute Gasteiger partial charge is 0.321 e. The van der Waals surface area contributed by atoms with E-state index in [2.05, 4.69) is 26.0 Å². The predicted octanol–water partition coefficient (Wildman–Crippen LogP) is 11.6. The zero-order valence-corrected chi connectivity index (χ0v) is 26.1. The minimum atomic E-state index is -0.437. The lowest BCUT2D eigenvalue weighted by Gasteiger charge is -2.05. The fraction of sp³-hybridized carbons (Fsp3) is 0.833. The molecule has 226 valence electrons. The third-order valence-corrected chi connectivity index (χ3v) is 8.27. The van der Waals surface area contributed by atoms with Crippen molar-refractivity contribution >= 4 is 11.9 Å². The monoisotopic (exact) mass is 544 g/mol. The first-order chi connectivity index (χ1) is 19.2. The summed E-state index contributed by atoms with van der Waals surface area (Å²) in [4.78, 5) is 24.4. The summed E-state index contributed by atoms with van der Waals surface area (Å²) in [5.74, 6) is -1.64. The van der Waals surface area contributed by atoms with Gasteiger partial charge in [0, 0.05) is 0 Å². The molecule has 0 N–H and O–H groups in total. The number of carbonyl (C=O) groups excluding carboxylic acids is 2. The van der Waals surface area contributed by atoms with E-state index >= 15 is 0 Å². The molecule has 0 aromatic rings. The third-order valence-electron chi connectivity index (χ3n) is 8.27. The molecule has 2 unspecified atom stereocenters. The first kappa shape index (κ1) is 35.6. The van der Waals surface area contributed by atoms with Crippen molar-refractivity contribution in [3.05, 3.63) is 24.3 Å². The molecule has 0 saturated carbocycles. The van der Waals surface area contributed by atoms with Gasteiger partial charge in [-0.15, -0.1) is 0 Å². The normalized spacial score (nSPS) is 17.7. The SMILES string of the molecule is CCCCCCCCCCCCCCC=CC1C(=O)OC(=O)C1C=CCCCCCCCCCCCCCC. The molecule has 0 aromatic heterocycles. The largest absolute Gasteiger partial charge is 0.392 e. The van der Waals surface area contributed by atoms with Gasteiger partial charge in [-0.25, -0.2) is 0 Å². The van der Waals surface area contributed by atoms with Crippen molar-refractivity contribution in [3.63, 3.8) is 0 Å². The molecule has 1 aliphatic heterocycles. The highest BCUT2D eigenvalue weighted by atomic mass is 16.6. The molecule has 0 aliphatic carbocycles. The average molecular weight is 545 g/mol. The second-order valence-corrected chi connectivity index (χ2v) is 12.0.